The van der Waals surface area contributed by atoms with Crippen molar-refractivity contribution in [1.29, 1.82) is 0 Å². The van der Waals surface area contributed by atoms with Crippen LogP contribution in [0.5, 0.6) is 11.5 Å². The zero-order valence-electron chi connectivity index (χ0n) is 17.1. The number of hydrazone groups is 1. The van der Waals surface area contributed by atoms with E-state index < -0.39 is 11.9 Å². The van der Waals surface area contributed by atoms with Crippen molar-refractivity contribution in [2.45, 2.75) is 20.3 Å². The Morgan fingerprint density at radius 3 is 2.55 bits per heavy atom. The van der Waals surface area contributed by atoms with Gasteiger partial charge in [-0.25, -0.2) is 10.2 Å². The van der Waals surface area contributed by atoms with Gasteiger partial charge in [0.05, 0.1) is 32.6 Å². The molecule has 0 aliphatic carbocycles. The fourth-order valence-corrected chi connectivity index (χ4v) is 2.46. The lowest BCUT2D eigenvalue weighted by atomic mass is 10.1. The first-order valence-electron chi connectivity index (χ1n) is 9.27. The van der Waals surface area contributed by atoms with Crippen molar-refractivity contribution in [2.75, 3.05) is 20.8 Å². The topological polar surface area (TPSA) is 86.2 Å². The summed E-state index contributed by atoms with van der Waals surface area (Å²) in [5.41, 5.74) is 3.71. The quantitative estimate of drug-likeness (QED) is 0.396. The van der Waals surface area contributed by atoms with Crippen LogP contribution in [0, 0.1) is 5.92 Å². The molecule has 7 nitrogen and oxygen atoms in total. The Kier molecular flexibility index (Phi) is 8.21. The zero-order chi connectivity index (χ0) is 21.2. The number of hydrogen-bond donors (Lipinski definition) is 1. The molecule has 2 rings (SSSR count). The van der Waals surface area contributed by atoms with E-state index in [4.69, 9.17) is 14.2 Å². The van der Waals surface area contributed by atoms with E-state index >= 15 is 0 Å². The van der Waals surface area contributed by atoms with Crippen LogP contribution in [0.4, 0.5) is 0 Å². The lowest BCUT2D eigenvalue weighted by molar-refractivity contribution is 0.0600. The number of methoxy groups -OCH3 is 2. The summed E-state index contributed by atoms with van der Waals surface area (Å²) in [7, 11) is 2.83. The summed E-state index contributed by atoms with van der Waals surface area (Å²) in [4.78, 5) is 24.2. The van der Waals surface area contributed by atoms with E-state index in [0.29, 0.717) is 40.7 Å². The highest BCUT2D eigenvalue weighted by atomic mass is 16.5. The van der Waals surface area contributed by atoms with Gasteiger partial charge in [-0.3, -0.25) is 4.79 Å². The predicted molar refractivity (Wildman–Crippen MR) is 111 cm³/mol. The summed E-state index contributed by atoms with van der Waals surface area (Å²) in [5, 5.41) is 3.94. The maximum Gasteiger partial charge on any atom is 0.338 e. The van der Waals surface area contributed by atoms with Gasteiger partial charge in [0.1, 0.15) is 0 Å². The SMILES string of the molecule is COC(=O)c1ccccc1/C=N\NC(=O)c1ccc(OCCC(C)C)c(OC)c1. The molecule has 0 atom stereocenters. The van der Waals surface area contributed by atoms with Crippen LogP contribution in [0.2, 0.25) is 0 Å². The molecule has 1 amide bonds. The third-order valence-corrected chi connectivity index (χ3v) is 4.11. The first kappa shape index (κ1) is 21.9. The summed E-state index contributed by atoms with van der Waals surface area (Å²) >= 11 is 0. The second-order valence-electron chi connectivity index (χ2n) is 6.67. The van der Waals surface area contributed by atoms with E-state index in [1.165, 1.54) is 20.4 Å². The predicted octanol–water partition coefficient (Wildman–Crippen LogP) is 3.67. The minimum absolute atomic E-state index is 0.359. The highest BCUT2D eigenvalue weighted by molar-refractivity contribution is 6.00. The molecular formula is C22H26N2O5. The number of carbonyl (C=O) groups is 2. The fourth-order valence-electron chi connectivity index (χ4n) is 2.46. The van der Waals surface area contributed by atoms with Gasteiger partial charge in [-0.2, -0.15) is 5.10 Å². The van der Waals surface area contributed by atoms with Crippen molar-refractivity contribution in [3.63, 3.8) is 0 Å². The summed E-state index contributed by atoms with van der Waals surface area (Å²) in [6, 6.07) is 11.7. The maximum atomic E-state index is 12.4. The molecule has 0 saturated heterocycles. The molecule has 2 aromatic rings. The molecule has 0 fully saturated rings. The number of nitrogens with one attached hydrogen (secondary N) is 1. The van der Waals surface area contributed by atoms with Crippen LogP contribution in [0.3, 0.4) is 0 Å². The molecule has 7 heteroatoms. The summed E-state index contributed by atoms with van der Waals surface area (Å²) in [6.07, 6.45) is 2.32. The number of amides is 1. The molecule has 0 unspecified atom stereocenters. The largest absolute Gasteiger partial charge is 0.493 e. The van der Waals surface area contributed by atoms with Crippen LogP contribution in [0.15, 0.2) is 47.6 Å². The summed E-state index contributed by atoms with van der Waals surface area (Å²) < 4.78 is 15.8. The summed E-state index contributed by atoms with van der Waals surface area (Å²) in [5.74, 6) is 0.704. The lowest BCUT2D eigenvalue weighted by Gasteiger charge is -2.12. The van der Waals surface area contributed by atoms with Crippen molar-refractivity contribution in [3.8, 4) is 11.5 Å². The molecule has 0 heterocycles. The number of esters is 1. The second kappa shape index (κ2) is 10.8. The van der Waals surface area contributed by atoms with Gasteiger partial charge in [0.2, 0.25) is 0 Å². The van der Waals surface area contributed by atoms with E-state index in [-0.39, 0.29) is 0 Å². The lowest BCUT2D eigenvalue weighted by Crippen LogP contribution is -2.18. The van der Waals surface area contributed by atoms with Gasteiger partial charge in [-0.05, 0) is 36.6 Å². The van der Waals surface area contributed by atoms with Crippen molar-refractivity contribution < 1.29 is 23.8 Å². The van der Waals surface area contributed by atoms with Crippen molar-refractivity contribution >= 4 is 18.1 Å². The number of benzene rings is 2. The van der Waals surface area contributed by atoms with Crippen LogP contribution in [-0.2, 0) is 4.74 Å². The molecule has 2 aromatic carbocycles. The minimum atomic E-state index is -0.476. The van der Waals surface area contributed by atoms with Gasteiger partial charge in [0, 0.05) is 11.1 Å². The molecular weight excluding hydrogens is 372 g/mol. The fraction of sp³-hybridized carbons (Fsp3) is 0.318. The van der Waals surface area contributed by atoms with E-state index in [1.54, 1.807) is 42.5 Å². The Hall–Kier alpha value is -3.35. The van der Waals surface area contributed by atoms with E-state index in [9.17, 15) is 9.59 Å². The first-order chi connectivity index (χ1) is 14.0. The van der Waals surface area contributed by atoms with Crippen molar-refractivity contribution in [3.05, 3.63) is 59.2 Å². The Labute approximate surface area is 170 Å². The smallest absolute Gasteiger partial charge is 0.338 e. The van der Waals surface area contributed by atoms with Gasteiger partial charge in [0.25, 0.3) is 5.91 Å². The van der Waals surface area contributed by atoms with Crippen molar-refractivity contribution in [2.24, 2.45) is 11.0 Å². The average Bonchev–Trinajstić information content (AvgIpc) is 2.73. The zero-order valence-corrected chi connectivity index (χ0v) is 17.1. The van der Waals surface area contributed by atoms with Crippen LogP contribution < -0.4 is 14.9 Å². The third kappa shape index (κ3) is 6.34. The molecule has 0 aliphatic rings. The Morgan fingerprint density at radius 2 is 1.86 bits per heavy atom. The van der Waals surface area contributed by atoms with E-state index in [0.717, 1.165) is 6.42 Å². The van der Waals surface area contributed by atoms with E-state index in [1.807, 2.05) is 0 Å². The van der Waals surface area contributed by atoms with Crippen LogP contribution in [-0.4, -0.2) is 38.9 Å². The maximum absolute atomic E-state index is 12.4. The van der Waals surface area contributed by atoms with Gasteiger partial charge in [-0.1, -0.05) is 32.0 Å². The number of rotatable bonds is 9. The van der Waals surface area contributed by atoms with Gasteiger partial charge < -0.3 is 14.2 Å². The van der Waals surface area contributed by atoms with Crippen LogP contribution in [0.25, 0.3) is 0 Å². The van der Waals surface area contributed by atoms with E-state index in [2.05, 4.69) is 24.4 Å². The number of hydrogen-bond acceptors (Lipinski definition) is 6. The molecule has 154 valence electrons. The summed E-state index contributed by atoms with van der Waals surface area (Å²) in [6.45, 7) is 4.82. The molecule has 29 heavy (non-hydrogen) atoms. The molecule has 0 spiro atoms. The molecule has 0 aliphatic heterocycles. The Morgan fingerprint density at radius 1 is 1.10 bits per heavy atom. The standard InChI is InChI=1S/C22H26N2O5/c1-15(2)11-12-29-19-10-9-16(13-20(19)27-3)21(25)24-23-14-17-7-5-6-8-18(17)22(26)28-4/h5-10,13-15H,11-12H2,1-4H3,(H,24,25)/b23-14-. The average molecular weight is 398 g/mol. The highest BCUT2D eigenvalue weighted by Gasteiger charge is 2.12. The molecule has 0 radical (unpaired) electrons. The first-order valence-corrected chi connectivity index (χ1v) is 9.27. The number of nitrogens with zero attached hydrogens (tertiary/aromatic N) is 1. The Bertz CT molecular complexity index is 877. The minimum Gasteiger partial charge on any atom is -0.493 e. The molecule has 0 saturated carbocycles. The monoisotopic (exact) mass is 398 g/mol. The second-order valence-corrected chi connectivity index (χ2v) is 6.67. The number of ether oxygens (including phenoxy) is 3. The highest BCUT2D eigenvalue weighted by Crippen LogP contribution is 2.28. The van der Waals surface area contributed by atoms with Crippen molar-refractivity contribution in [1.82, 2.24) is 5.43 Å². The Balaban J connectivity index is 2.06. The van der Waals surface area contributed by atoms with Gasteiger partial charge in [-0.15, -0.1) is 0 Å². The molecule has 0 aromatic heterocycles. The van der Waals surface area contributed by atoms with Crippen LogP contribution >= 0.6 is 0 Å². The van der Waals surface area contributed by atoms with Gasteiger partial charge in [0.15, 0.2) is 11.5 Å². The number of carbonyl (C=O) groups excluding carboxylic acids is 2. The van der Waals surface area contributed by atoms with Crippen LogP contribution in [0.1, 0.15) is 46.5 Å². The molecule has 0 bridgehead atoms. The third-order valence-electron chi connectivity index (χ3n) is 4.11. The molecule has 1 N–H and O–H groups in total. The normalized spacial score (nSPS) is 10.8. The van der Waals surface area contributed by atoms with Gasteiger partial charge >= 0.3 is 5.97 Å².